The van der Waals surface area contributed by atoms with E-state index in [4.69, 9.17) is 9.15 Å². The zero-order valence-electron chi connectivity index (χ0n) is 13.2. The van der Waals surface area contributed by atoms with E-state index in [1.807, 2.05) is 43.3 Å². The lowest BCUT2D eigenvalue weighted by atomic mass is 10.1. The molecule has 5 heteroatoms. The first-order chi connectivity index (χ1) is 11.6. The fraction of sp³-hybridized carbons (Fsp3) is 0.158. The second-order valence-corrected chi connectivity index (χ2v) is 5.41. The van der Waals surface area contributed by atoms with Gasteiger partial charge in [0.25, 0.3) is 5.91 Å². The molecule has 1 atom stereocenters. The molecule has 0 saturated carbocycles. The van der Waals surface area contributed by atoms with Crippen molar-refractivity contribution in [2.24, 2.45) is 0 Å². The third-order valence-electron chi connectivity index (χ3n) is 3.65. The lowest BCUT2D eigenvalue weighted by Gasteiger charge is -2.15. The van der Waals surface area contributed by atoms with Gasteiger partial charge in [-0.15, -0.1) is 0 Å². The maximum Gasteiger partial charge on any atom is 0.339 e. The number of nitrogens with one attached hydrogen (secondary N) is 1. The Morgan fingerprint density at radius 1 is 1.12 bits per heavy atom. The van der Waals surface area contributed by atoms with Gasteiger partial charge in [-0.05, 0) is 24.6 Å². The molecular formula is C19H17NO4. The van der Waals surface area contributed by atoms with Gasteiger partial charge in [-0.1, -0.05) is 42.5 Å². The average Bonchev–Trinajstić information content (AvgIpc) is 2.60. The first kappa shape index (κ1) is 15.8. The molecule has 2 aromatic carbocycles. The van der Waals surface area contributed by atoms with Crippen LogP contribution in [0.4, 0.5) is 0 Å². The number of amides is 1. The maximum atomic E-state index is 12.1. The standard InChI is InChI=1S/C19H17NO4/c1-13(14-7-3-2-4-8-14)20-18(21)12-23-17-11-19(22)24-16-10-6-5-9-15(16)17/h2-11,13H,12H2,1H3,(H,20,21)/t13-/m1/s1. The fourth-order valence-electron chi connectivity index (χ4n) is 2.45. The van der Waals surface area contributed by atoms with E-state index in [1.54, 1.807) is 18.2 Å². The number of fused-ring (bicyclic) bond motifs is 1. The van der Waals surface area contributed by atoms with Gasteiger partial charge in [-0.25, -0.2) is 4.79 Å². The van der Waals surface area contributed by atoms with Crippen LogP contribution in [0.2, 0.25) is 0 Å². The van der Waals surface area contributed by atoms with Gasteiger partial charge in [0.15, 0.2) is 6.61 Å². The second-order valence-electron chi connectivity index (χ2n) is 5.41. The minimum absolute atomic E-state index is 0.125. The summed E-state index contributed by atoms with van der Waals surface area (Å²) in [6, 6.07) is 17.8. The first-order valence-corrected chi connectivity index (χ1v) is 7.63. The van der Waals surface area contributed by atoms with Gasteiger partial charge >= 0.3 is 5.63 Å². The number of carbonyl (C=O) groups excluding carboxylic acids is 1. The Bertz CT molecular complexity index is 902. The Balaban J connectivity index is 1.68. The van der Waals surface area contributed by atoms with E-state index in [1.165, 1.54) is 6.07 Å². The molecule has 0 aliphatic heterocycles. The first-order valence-electron chi connectivity index (χ1n) is 7.63. The van der Waals surface area contributed by atoms with Crippen LogP contribution in [0.15, 0.2) is 69.9 Å². The highest BCUT2D eigenvalue weighted by molar-refractivity contribution is 5.84. The number of benzene rings is 2. The van der Waals surface area contributed by atoms with Crippen molar-refractivity contribution in [2.45, 2.75) is 13.0 Å². The number of carbonyl (C=O) groups is 1. The van der Waals surface area contributed by atoms with Crippen molar-refractivity contribution in [3.63, 3.8) is 0 Å². The fourth-order valence-corrected chi connectivity index (χ4v) is 2.45. The summed E-state index contributed by atoms with van der Waals surface area (Å²) in [5.41, 5.74) is 0.927. The van der Waals surface area contributed by atoms with Crippen molar-refractivity contribution in [2.75, 3.05) is 6.61 Å². The zero-order chi connectivity index (χ0) is 16.9. The summed E-state index contributed by atoms with van der Waals surface area (Å²) in [6.07, 6.45) is 0. The van der Waals surface area contributed by atoms with Gasteiger partial charge in [0.1, 0.15) is 11.3 Å². The normalized spacial score (nSPS) is 11.9. The van der Waals surface area contributed by atoms with Crippen molar-refractivity contribution < 1.29 is 13.9 Å². The summed E-state index contributed by atoms with van der Waals surface area (Å²) in [5, 5.41) is 3.52. The van der Waals surface area contributed by atoms with Crippen LogP contribution in [0.25, 0.3) is 11.0 Å². The molecule has 0 radical (unpaired) electrons. The molecule has 0 spiro atoms. The lowest BCUT2D eigenvalue weighted by Crippen LogP contribution is -2.31. The molecule has 24 heavy (non-hydrogen) atoms. The topological polar surface area (TPSA) is 68.5 Å². The molecule has 0 saturated heterocycles. The van der Waals surface area contributed by atoms with E-state index in [-0.39, 0.29) is 18.6 Å². The van der Waals surface area contributed by atoms with Crippen molar-refractivity contribution in [3.05, 3.63) is 76.6 Å². The molecule has 1 N–H and O–H groups in total. The minimum Gasteiger partial charge on any atom is -0.483 e. The van der Waals surface area contributed by atoms with Gasteiger partial charge < -0.3 is 14.5 Å². The highest BCUT2D eigenvalue weighted by Crippen LogP contribution is 2.23. The highest BCUT2D eigenvalue weighted by Gasteiger charge is 2.12. The van der Waals surface area contributed by atoms with E-state index in [0.29, 0.717) is 16.7 Å². The largest absolute Gasteiger partial charge is 0.483 e. The molecule has 0 fully saturated rings. The second kappa shape index (κ2) is 7.00. The van der Waals surface area contributed by atoms with Crippen LogP contribution >= 0.6 is 0 Å². The molecule has 3 rings (SSSR count). The van der Waals surface area contributed by atoms with Gasteiger partial charge in [0.2, 0.25) is 0 Å². The van der Waals surface area contributed by atoms with Crippen LogP contribution in [-0.4, -0.2) is 12.5 Å². The van der Waals surface area contributed by atoms with Crippen LogP contribution < -0.4 is 15.7 Å². The molecule has 3 aromatic rings. The molecule has 0 unspecified atom stereocenters. The summed E-state index contributed by atoms with van der Waals surface area (Å²) in [6.45, 7) is 1.73. The third kappa shape index (κ3) is 3.63. The van der Waals surface area contributed by atoms with Crippen molar-refractivity contribution >= 4 is 16.9 Å². The summed E-state index contributed by atoms with van der Waals surface area (Å²) < 4.78 is 10.6. The summed E-state index contributed by atoms with van der Waals surface area (Å²) in [5.74, 6) is 0.0769. The lowest BCUT2D eigenvalue weighted by molar-refractivity contribution is -0.123. The quantitative estimate of drug-likeness (QED) is 0.733. The van der Waals surface area contributed by atoms with Crippen LogP contribution in [0.5, 0.6) is 5.75 Å². The molecule has 1 heterocycles. The van der Waals surface area contributed by atoms with Crippen molar-refractivity contribution in [1.82, 2.24) is 5.32 Å². The average molecular weight is 323 g/mol. The number of hydrogen-bond donors (Lipinski definition) is 1. The third-order valence-corrected chi connectivity index (χ3v) is 3.65. The summed E-state index contributed by atoms with van der Waals surface area (Å²) in [4.78, 5) is 23.6. The molecule has 122 valence electrons. The molecular weight excluding hydrogens is 306 g/mol. The van der Waals surface area contributed by atoms with Crippen LogP contribution in [0.3, 0.4) is 0 Å². The molecule has 0 bridgehead atoms. The Hall–Kier alpha value is -3.08. The van der Waals surface area contributed by atoms with Gasteiger partial charge in [0, 0.05) is 0 Å². The van der Waals surface area contributed by atoms with Crippen LogP contribution in [-0.2, 0) is 4.79 Å². The minimum atomic E-state index is -0.512. The Labute approximate surface area is 138 Å². The Morgan fingerprint density at radius 3 is 2.62 bits per heavy atom. The van der Waals surface area contributed by atoms with Crippen LogP contribution in [0, 0.1) is 0 Å². The number of para-hydroxylation sites is 1. The highest BCUT2D eigenvalue weighted by atomic mass is 16.5. The van der Waals surface area contributed by atoms with E-state index < -0.39 is 5.63 Å². The smallest absolute Gasteiger partial charge is 0.339 e. The number of hydrogen-bond acceptors (Lipinski definition) is 4. The van der Waals surface area contributed by atoms with Gasteiger partial charge in [-0.3, -0.25) is 4.79 Å². The molecule has 5 nitrogen and oxygen atoms in total. The van der Waals surface area contributed by atoms with E-state index in [9.17, 15) is 9.59 Å². The SMILES string of the molecule is C[C@@H](NC(=O)COc1cc(=O)oc2ccccc12)c1ccccc1. The predicted octanol–water partition coefficient (Wildman–Crippen LogP) is 3.05. The summed E-state index contributed by atoms with van der Waals surface area (Å²) >= 11 is 0. The predicted molar refractivity (Wildman–Crippen MR) is 91.0 cm³/mol. The van der Waals surface area contributed by atoms with E-state index >= 15 is 0 Å². The molecule has 0 aliphatic rings. The van der Waals surface area contributed by atoms with E-state index in [0.717, 1.165) is 5.56 Å². The Morgan fingerprint density at radius 2 is 1.83 bits per heavy atom. The van der Waals surface area contributed by atoms with Crippen LogP contribution in [0.1, 0.15) is 18.5 Å². The number of rotatable bonds is 5. The van der Waals surface area contributed by atoms with Gasteiger partial charge in [-0.2, -0.15) is 0 Å². The van der Waals surface area contributed by atoms with Crippen molar-refractivity contribution in [3.8, 4) is 5.75 Å². The molecule has 0 aliphatic carbocycles. The van der Waals surface area contributed by atoms with Crippen molar-refractivity contribution in [1.29, 1.82) is 0 Å². The molecule has 1 amide bonds. The number of ether oxygens (including phenoxy) is 1. The van der Waals surface area contributed by atoms with E-state index in [2.05, 4.69) is 5.32 Å². The Kier molecular flexibility index (Phi) is 4.61. The maximum absolute atomic E-state index is 12.1. The molecule has 1 aromatic heterocycles. The monoisotopic (exact) mass is 323 g/mol. The summed E-state index contributed by atoms with van der Waals surface area (Å²) in [7, 11) is 0. The van der Waals surface area contributed by atoms with Gasteiger partial charge in [0.05, 0.1) is 17.5 Å². The zero-order valence-corrected chi connectivity index (χ0v) is 13.2.